The van der Waals surface area contributed by atoms with Crippen LogP contribution in [0.5, 0.6) is 11.5 Å². The molecular weight excluding hydrogens is 465 g/mol. The second kappa shape index (κ2) is 13.5. The highest BCUT2D eigenvalue weighted by Crippen LogP contribution is 2.28. The van der Waals surface area contributed by atoms with Gasteiger partial charge in [0.2, 0.25) is 5.91 Å². The molecule has 9 heteroatoms. The first-order valence-electron chi connectivity index (χ1n) is 11.3. The number of ether oxygens (including phenoxy) is 3. The maximum Gasteiger partial charge on any atom is 0.407 e. The third kappa shape index (κ3) is 8.12. The molecule has 3 rings (SSSR count). The Kier molecular flexibility index (Phi) is 9.81. The Hall–Kier alpha value is -4.40. The Morgan fingerprint density at radius 2 is 1.83 bits per heavy atom. The largest absolute Gasteiger partial charge is 0.493 e. The zero-order valence-corrected chi connectivity index (χ0v) is 20.1. The molecule has 3 aromatic rings. The van der Waals surface area contributed by atoms with Crippen LogP contribution in [0.3, 0.4) is 0 Å². The number of carbonyl (C=O) groups excluding carboxylic acids is 2. The molecule has 0 aliphatic heterocycles. The molecule has 0 spiro atoms. The Balaban J connectivity index is 1.59. The topological polar surface area (TPSA) is 98.2 Å². The minimum absolute atomic E-state index is 0.0314. The number of rotatable bonds is 11. The number of carbonyl (C=O) groups is 2. The van der Waals surface area contributed by atoms with Crippen molar-refractivity contribution in [2.75, 3.05) is 13.7 Å². The first-order valence-corrected chi connectivity index (χ1v) is 11.3. The number of amides is 2. The van der Waals surface area contributed by atoms with E-state index >= 15 is 0 Å². The minimum atomic E-state index is -0.602. The predicted molar refractivity (Wildman–Crippen MR) is 133 cm³/mol. The summed E-state index contributed by atoms with van der Waals surface area (Å²) in [6.45, 7) is 2.11. The van der Waals surface area contributed by atoms with Crippen LogP contribution in [0, 0.1) is 5.82 Å². The van der Waals surface area contributed by atoms with Gasteiger partial charge in [-0.2, -0.15) is 5.10 Å². The summed E-state index contributed by atoms with van der Waals surface area (Å²) >= 11 is 0. The lowest BCUT2D eigenvalue weighted by Crippen LogP contribution is -2.33. The molecular formula is C27H28FN3O5. The third-order valence-corrected chi connectivity index (χ3v) is 5.03. The van der Waals surface area contributed by atoms with Crippen LogP contribution in [-0.4, -0.2) is 31.9 Å². The fourth-order valence-electron chi connectivity index (χ4n) is 3.33. The number of alkyl carbamates (subject to hydrolysis) is 1. The van der Waals surface area contributed by atoms with Crippen molar-refractivity contribution in [3.8, 4) is 11.5 Å². The zero-order chi connectivity index (χ0) is 25.8. The van der Waals surface area contributed by atoms with Crippen molar-refractivity contribution in [1.82, 2.24) is 10.7 Å². The maximum atomic E-state index is 13.4. The molecule has 0 bridgehead atoms. The van der Waals surface area contributed by atoms with Gasteiger partial charge in [-0.25, -0.2) is 14.6 Å². The highest BCUT2D eigenvalue weighted by molar-refractivity contribution is 5.83. The van der Waals surface area contributed by atoms with Crippen molar-refractivity contribution < 1.29 is 28.2 Å². The number of halogens is 1. The van der Waals surface area contributed by atoms with E-state index in [0.29, 0.717) is 22.6 Å². The maximum absolute atomic E-state index is 13.4. The molecule has 0 saturated heterocycles. The van der Waals surface area contributed by atoms with Crippen molar-refractivity contribution in [3.63, 3.8) is 0 Å². The normalized spacial score (nSPS) is 11.5. The molecule has 36 heavy (non-hydrogen) atoms. The Morgan fingerprint density at radius 1 is 1.03 bits per heavy atom. The van der Waals surface area contributed by atoms with Gasteiger partial charge in [0.15, 0.2) is 11.5 Å². The van der Waals surface area contributed by atoms with Gasteiger partial charge in [-0.15, -0.1) is 0 Å². The van der Waals surface area contributed by atoms with Crippen LogP contribution in [0.1, 0.15) is 36.1 Å². The van der Waals surface area contributed by atoms with E-state index in [1.165, 1.54) is 25.5 Å². The van der Waals surface area contributed by atoms with Crippen LogP contribution in [-0.2, 0) is 16.1 Å². The van der Waals surface area contributed by atoms with E-state index in [-0.39, 0.29) is 31.4 Å². The second-order valence-electron chi connectivity index (χ2n) is 7.65. The van der Waals surface area contributed by atoms with E-state index in [1.54, 1.807) is 37.3 Å². The van der Waals surface area contributed by atoms with Crippen molar-refractivity contribution in [3.05, 3.63) is 95.3 Å². The molecule has 3 aromatic carbocycles. The van der Waals surface area contributed by atoms with E-state index in [0.717, 1.165) is 5.56 Å². The van der Waals surface area contributed by atoms with E-state index in [1.807, 2.05) is 30.3 Å². The summed E-state index contributed by atoms with van der Waals surface area (Å²) in [6.07, 6.45) is 0.832. The molecule has 0 unspecified atom stereocenters. The molecule has 0 aromatic heterocycles. The molecule has 0 fully saturated rings. The van der Waals surface area contributed by atoms with E-state index in [9.17, 15) is 14.0 Å². The van der Waals surface area contributed by atoms with Crippen LogP contribution in [0.4, 0.5) is 9.18 Å². The van der Waals surface area contributed by atoms with E-state index < -0.39 is 12.1 Å². The number of benzene rings is 3. The third-order valence-electron chi connectivity index (χ3n) is 5.03. The highest BCUT2D eigenvalue weighted by Gasteiger charge is 2.18. The van der Waals surface area contributed by atoms with Gasteiger partial charge in [-0.3, -0.25) is 4.79 Å². The summed E-state index contributed by atoms with van der Waals surface area (Å²) in [5.74, 6) is 0.227. The van der Waals surface area contributed by atoms with Crippen molar-refractivity contribution >= 4 is 18.2 Å². The van der Waals surface area contributed by atoms with E-state index in [4.69, 9.17) is 14.2 Å². The van der Waals surface area contributed by atoms with Crippen LogP contribution >= 0.6 is 0 Å². The molecule has 188 valence electrons. The molecule has 0 aliphatic rings. The monoisotopic (exact) mass is 493 g/mol. The summed E-state index contributed by atoms with van der Waals surface area (Å²) < 4.78 is 29.4. The summed E-state index contributed by atoms with van der Waals surface area (Å²) in [5.41, 5.74) is 4.59. The summed E-state index contributed by atoms with van der Waals surface area (Å²) in [5, 5.41) is 6.70. The summed E-state index contributed by atoms with van der Waals surface area (Å²) in [4.78, 5) is 24.4. The van der Waals surface area contributed by atoms with Crippen LogP contribution < -0.4 is 20.2 Å². The quantitative estimate of drug-likeness (QED) is 0.297. The lowest BCUT2D eigenvalue weighted by molar-refractivity contribution is -0.121. The number of nitrogens with one attached hydrogen (secondary N) is 2. The van der Waals surface area contributed by atoms with Crippen LogP contribution in [0.15, 0.2) is 77.9 Å². The van der Waals surface area contributed by atoms with Crippen molar-refractivity contribution in [2.45, 2.75) is 26.0 Å². The first-order chi connectivity index (χ1) is 17.5. The average molecular weight is 494 g/mol. The van der Waals surface area contributed by atoms with Gasteiger partial charge in [0.25, 0.3) is 0 Å². The van der Waals surface area contributed by atoms with Gasteiger partial charge >= 0.3 is 6.09 Å². The van der Waals surface area contributed by atoms with E-state index in [2.05, 4.69) is 15.8 Å². The lowest BCUT2D eigenvalue weighted by atomic mass is 10.0. The highest BCUT2D eigenvalue weighted by atomic mass is 19.1. The molecule has 0 radical (unpaired) electrons. The summed E-state index contributed by atoms with van der Waals surface area (Å²) in [7, 11) is 1.51. The number of hydrogen-bond donors (Lipinski definition) is 2. The number of nitrogens with zero attached hydrogens (tertiary/aromatic N) is 1. The molecule has 2 N–H and O–H groups in total. The SMILES string of the molecule is CCOC(=O)N[C@H](CC(=O)N/N=C\c1ccc(OCc2cccc(F)c2)c(OC)c1)c1ccccc1. The zero-order valence-electron chi connectivity index (χ0n) is 20.1. The fourth-order valence-corrected chi connectivity index (χ4v) is 3.33. The molecule has 0 aliphatic carbocycles. The van der Waals surface area contributed by atoms with Gasteiger partial charge in [0.1, 0.15) is 12.4 Å². The van der Waals surface area contributed by atoms with Gasteiger partial charge < -0.3 is 19.5 Å². The minimum Gasteiger partial charge on any atom is -0.493 e. The molecule has 0 heterocycles. The Morgan fingerprint density at radius 3 is 2.56 bits per heavy atom. The fraction of sp³-hybridized carbons (Fsp3) is 0.222. The Labute approximate surface area is 209 Å². The lowest BCUT2D eigenvalue weighted by Gasteiger charge is -2.18. The standard InChI is InChI=1S/C27H28FN3O5/c1-3-35-27(33)30-23(21-9-5-4-6-10-21)16-26(32)31-29-17-19-12-13-24(25(15-19)34-2)36-18-20-8-7-11-22(28)14-20/h4-15,17,23H,3,16,18H2,1-2H3,(H,30,33)(H,31,32)/b29-17-/t23-/m1/s1. The summed E-state index contributed by atoms with van der Waals surface area (Å²) in [6, 6.07) is 19.9. The van der Waals surface area contributed by atoms with Crippen LogP contribution in [0.25, 0.3) is 0 Å². The van der Waals surface area contributed by atoms with Gasteiger partial charge in [-0.05, 0) is 53.9 Å². The number of hydrazone groups is 1. The number of methoxy groups -OCH3 is 1. The number of hydrogen-bond acceptors (Lipinski definition) is 6. The second-order valence-corrected chi connectivity index (χ2v) is 7.65. The molecule has 0 saturated carbocycles. The van der Waals surface area contributed by atoms with Gasteiger partial charge in [-0.1, -0.05) is 42.5 Å². The Bertz CT molecular complexity index is 1190. The van der Waals surface area contributed by atoms with Crippen molar-refractivity contribution in [1.29, 1.82) is 0 Å². The average Bonchev–Trinajstić information content (AvgIpc) is 2.88. The van der Waals surface area contributed by atoms with Crippen molar-refractivity contribution in [2.24, 2.45) is 5.10 Å². The molecule has 1 atom stereocenters. The molecule has 2 amide bonds. The van der Waals surface area contributed by atoms with Gasteiger partial charge in [0, 0.05) is 0 Å². The van der Waals surface area contributed by atoms with Crippen LogP contribution in [0.2, 0.25) is 0 Å². The molecule has 8 nitrogen and oxygen atoms in total. The van der Waals surface area contributed by atoms with Gasteiger partial charge in [0.05, 0.1) is 32.4 Å². The first kappa shape index (κ1) is 26.2. The smallest absolute Gasteiger partial charge is 0.407 e. The predicted octanol–water partition coefficient (Wildman–Crippen LogP) is 4.74.